The van der Waals surface area contributed by atoms with Gasteiger partial charge in [-0.2, -0.15) is 0 Å². The van der Waals surface area contributed by atoms with Crippen molar-refractivity contribution in [2.45, 2.75) is 0 Å². The Bertz CT molecular complexity index is 257. The van der Waals surface area contributed by atoms with E-state index in [1.807, 2.05) is 0 Å². The number of rotatable bonds is 1. The van der Waals surface area contributed by atoms with Crippen LogP contribution in [-0.4, -0.2) is 24.6 Å². The number of ether oxygens (including phenoxy) is 1. The molecule has 0 aliphatic carbocycles. The van der Waals surface area contributed by atoms with E-state index in [4.69, 9.17) is 11.6 Å². The zero-order chi connectivity index (χ0) is 9.14. The molecule has 0 aromatic rings. The molecule has 0 radical (unpaired) electrons. The lowest BCUT2D eigenvalue weighted by molar-refractivity contribution is -0.136. The van der Waals surface area contributed by atoms with Crippen LogP contribution >= 0.6 is 0 Å². The average Bonchev–Trinajstić information content (AvgIpc) is 2.08. The standard InChI is InChI=1S/C7H11N3O2/c1-12-7(11)5-2-3-6(8)10(9)4-5/h2-3H,4,8-9H2,1H3. The minimum Gasteiger partial charge on any atom is -0.466 e. The molecular weight excluding hydrogens is 158 g/mol. The number of hydrazine groups is 1. The molecule has 0 unspecified atom stereocenters. The second kappa shape index (κ2) is 3.27. The van der Waals surface area contributed by atoms with Crippen molar-refractivity contribution < 1.29 is 9.53 Å². The molecule has 4 N–H and O–H groups in total. The summed E-state index contributed by atoms with van der Waals surface area (Å²) in [4.78, 5) is 11.0. The van der Waals surface area contributed by atoms with Crippen LogP contribution in [0.15, 0.2) is 23.5 Å². The third kappa shape index (κ3) is 1.57. The molecule has 66 valence electrons. The van der Waals surface area contributed by atoms with Crippen molar-refractivity contribution in [2.75, 3.05) is 13.7 Å². The van der Waals surface area contributed by atoms with Gasteiger partial charge < -0.3 is 10.5 Å². The van der Waals surface area contributed by atoms with Gasteiger partial charge in [0, 0.05) is 0 Å². The summed E-state index contributed by atoms with van der Waals surface area (Å²) in [6.45, 7) is 0.287. The monoisotopic (exact) mass is 169 g/mol. The van der Waals surface area contributed by atoms with Gasteiger partial charge in [-0.1, -0.05) is 0 Å². The van der Waals surface area contributed by atoms with Gasteiger partial charge in [-0.3, -0.25) is 5.01 Å². The molecule has 5 heteroatoms. The van der Waals surface area contributed by atoms with Crippen molar-refractivity contribution in [3.8, 4) is 0 Å². The number of carbonyl (C=O) groups excluding carboxylic acids is 1. The number of allylic oxidation sites excluding steroid dienone is 2. The quantitative estimate of drug-likeness (QED) is 0.391. The molecule has 0 fully saturated rings. The van der Waals surface area contributed by atoms with Crippen LogP contribution in [0.4, 0.5) is 0 Å². The maximum Gasteiger partial charge on any atom is 0.335 e. The highest BCUT2D eigenvalue weighted by Gasteiger charge is 2.15. The molecule has 1 aliphatic heterocycles. The van der Waals surface area contributed by atoms with E-state index in [1.165, 1.54) is 12.1 Å². The van der Waals surface area contributed by atoms with Crippen molar-refractivity contribution >= 4 is 5.97 Å². The molecule has 0 bridgehead atoms. The first-order chi connectivity index (χ1) is 5.65. The maximum atomic E-state index is 11.0. The van der Waals surface area contributed by atoms with Gasteiger partial charge in [-0.15, -0.1) is 0 Å². The van der Waals surface area contributed by atoms with E-state index in [0.717, 1.165) is 0 Å². The molecule has 1 rings (SSSR count). The Labute approximate surface area is 70.2 Å². The number of esters is 1. The number of hydrogen-bond donors (Lipinski definition) is 2. The Morgan fingerprint density at radius 1 is 1.67 bits per heavy atom. The molecule has 12 heavy (non-hydrogen) atoms. The fourth-order valence-corrected chi connectivity index (χ4v) is 0.873. The van der Waals surface area contributed by atoms with Crippen molar-refractivity contribution in [1.82, 2.24) is 5.01 Å². The molecule has 0 saturated heterocycles. The van der Waals surface area contributed by atoms with E-state index in [2.05, 4.69) is 4.74 Å². The van der Waals surface area contributed by atoms with Crippen molar-refractivity contribution in [1.29, 1.82) is 0 Å². The minimum absolute atomic E-state index is 0.287. The van der Waals surface area contributed by atoms with Gasteiger partial charge in [-0.05, 0) is 12.2 Å². The molecule has 0 atom stereocenters. The van der Waals surface area contributed by atoms with E-state index in [0.29, 0.717) is 11.4 Å². The predicted octanol–water partition coefficient (Wildman–Crippen LogP) is -0.925. The molecule has 1 aliphatic rings. The summed E-state index contributed by atoms with van der Waals surface area (Å²) in [7, 11) is 1.33. The van der Waals surface area contributed by atoms with Gasteiger partial charge in [0.25, 0.3) is 0 Å². The van der Waals surface area contributed by atoms with Crippen LogP contribution in [-0.2, 0) is 9.53 Å². The van der Waals surface area contributed by atoms with Crippen LogP contribution in [0.1, 0.15) is 0 Å². The van der Waals surface area contributed by atoms with Crippen LogP contribution in [0.5, 0.6) is 0 Å². The van der Waals surface area contributed by atoms with E-state index >= 15 is 0 Å². The Kier molecular flexibility index (Phi) is 2.35. The first kappa shape index (κ1) is 8.61. The second-order valence-electron chi connectivity index (χ2n) is 2.40. The highest BCUT2D eigenvalue weighted by atomic mass is 16.5. The normalized spacial score (nSPS) is 16.7. The van der Waals surface area contributed by atoms with E-state index in [1.54, 1.807) is 12.2 Å². The van der Waals surface area contributed by atoms with Crippen molar-refractivity contribution in [3.05, 3.63) is 23.5 Å². The molecule has 0 saturated carbocycles. The highest BCUT2D eigenvalue weighted by Crippen LogP contribution is 2.08. The van der Waals surface area contributed by atoms with Gasteiger partial charge in [0.2, 0.25) is 0 Å². The second-order valence-corrected chi connectivity index (χ2v) is 2.40. The third-order valence-electron chi connectivity index (χ3n) is 1.58. The molecule has 5 nitrogen and oxygen atoms in total. The van der Waals surface area contributed by atoms with E-state index < -0.39 is 0 Å². The molecule has 0 amide bonds. The molecule has 1 heterocycles. The Morgan fingerprint density at radius 3 is 2.83 bits per heavy atom. The average molecular weight is 169 g/mol. The smallest absolute Gasteiger partial charge is 0.335 e. The number of methoxy groups -OCH3 is 1. The summed E-state index contributed by atoms with van der Waals surface area (Å²) in [5, 5.41) is 1.28. The predicted molar refractivity (Wildman–Crippen MR) is 43.3 cm³/mol. The van der Waals surface area contributed by atoms with Crippen LogP contribution < -0.4 is 11.6 Å². The van der Waals surface area contributed by atoms with E-state index in [9.17, 15) is 4.79 Å². The molecule has 0 spiro atoms. The van der Waals surface area contributed by atoms with Gasteiger partial charge in [0.05, 0.1) is 19.2 Å². The van der Waals surface area contributed by atoms with Gasteiger partial charge in [0.15, 0.2) is 0 Å². The Hall–Kier alpha value is -1.49. The number of carbonyl (C=O) groups is 1. The minimum atomic E-state index is -0.380. The molecular formula is C7H11N3O2. The topological polar surface area (TPSA) is 81.6 Å². The largest absolute Gasteiger partial charge is 0.466 e. The lowest BCUT2D eigenvalue weighted by Crippen LogP contribution is -2.38. The highest BCUT2D eigenvalue weighted by molar-refractivity contribution is 5.89. The van der Waals surface area contributed by atoms with Crippen LogP contribution in [0.25, 0.3) is 0 Å². The first-order valence-electron chi connectivity index (χ1n) is 3.42. The van der Waals surface area contributed by atoms with Crippen LogP contribution in [0.2, 0.25) is 0 Å². The summed E-state index contributed by atoms with van der Waals surface area (Å²) < 4.78 is 4.51. The number of nitrogens with two attached hydrogens (primary N) is 2. The first-order valence-corrected chi connectivity index (χ1v) is 3.42. The number of hydrogen-bond acceptors (Lipinski definition) is 5. The third-order valence-corrected chi connectivity index (χ3v) is 1.58. The van der Waals surface area contributed by atoms with Gasteiger partial charge >= 0.3 is 5.97 Å². The summed E-state index contributed by atoms with van der Waals surface area (Å²) in [5.74, 6) is 5.51. The fourth-order valence-electron chi connectivity index (χ4n) is 0.873. The zero-order valence-corrected chi connectivity index (χ0v) is 6.78. The Morgan fingerprint density at radius 2 is 2.33 bits per heavy atom. The molecule has 0 aromatic heterocycles. The summed E-state index contributed by atoms with van der Waals surface area (Å²) in [6.07, 6.45) is 3.17. The molecule has 0 aromatic carbocycles. The van der Waals surface area contributed by atoms with Crippen LogP contribution in [0.3, 0.4) is 0 Å². The zero-order valence-electron chi connectivity index (χ0n) is 6.78. The lowest BCUT2D eigenvalue weighted by Gasteiger charge is -2.22. The Balaban J connectivity index is 2.77. The lowest BCUT2D eigenvalue weighted by atomic mass is 10.2. The fraction of sp³-hybridized carbons (Fsp3) is 0.286. The number of nitrogens with zero attached hydrogens (tertiary/aromatic N) is 1. The summed E-state index contributed by atoms with van der Waals surface area (Å²) in [6, 6.07) is 0. The van der Waals surface area contributed by atoms with Gasteiger partial charge in [-0.25, -0.2) is 10.6 Å². The van der Waals surface area contributed by atoms with Gasteiger partial charge in [0.1, 0.15) is 5.82 Å². The summed E-state index contributed by atoms with van der Waals surface area (Å²) >= 11 is 0. The maximum absolute atomic E-state index is 11.0. The van der Waals surface area contributed by atoms with Crippen molar-refractivity contribution in [3.63, 3.8) is 0 Å². The summed E-state index contributed by atoms with van der Waals surface area (Å²) in [5.41, 5.74) is 5.94. The SMILES string of the molecule is COC(=O)C1=CC=C(N)N(N)C1. The van der Waals surface area contributed by atoms with E-state index in [-0.39, 0.29) is 12.5 Å². The van der Waals surface area contributed by atoms with Crippen LogP contribution in [0, 0.1) is 0 Å². The van der Waals surface area contributed by atoms with Crippen molar-refractivity contribution in [2.24, 2.45) is 11.6 Å².